The van der Waals surface area contributed by atoms with Gasteiger partial charge in [-0.3, -0.25) is 14.9 Å². The topological polar surface area (TPSA) is 86.7 Å². The molecule has 0 saturated carbocycles. The van der Waals surface area contributed by atoms with E-state index in [9.17, 15) is 19.5 Å². The number of phenols is 1. The number of nitrogens with zero attached hydrogens (tertiary/aromatic N) is 1. The Bertz CT molecular complexity index is 973. The van der Waals surface area contributed by atoms with Gasteiger partial charge >= 0.3 is 6.03 Å². The van der Waals surface area contributed by atoms with Crippen LogP contribution in [0.2, 0.25) is 5.02 Å². The Kier molecular flexibility index (Phi) is 5.17. The molecule has 2 N–H and O–H groups in total. The largest absolute Gasteiger partial charge is 0.506 e. The number of imide groups is 2. The maximum atomic E-state index is 12.8. The predicted octanol–water partition coefficient (Wildman–Crippen LogP) is 4.24. The number of hydrogen-bond acceptors (Lipinski definition) is 4. The normalized spacial score (nSPS) is 16.2. The molecule has 0 unspecified atom stereocenters. The molecule has 2 aromatic rings. The summed E-state index contributed by atoms with van der Waals surface area (Å²) in [5.41, 5.74) is 0.149. The first-order valence-electron chi connectivity index (χ1n) is 7.13. The van der Waals surface area contributed by atoms with Gasteiger partial charge in [-0.25, -0.2) is 9.69 Å². The number of carbonyl (C=O) groups excluding carboxylic acids is 3. The lowest BCUT2D eigenvalue weighted by Crippen LogP contribution is -2.54. The molecule has 6 nitrogen and oxygen atoms in total. The number of carbonyl (C=O) groups is 3. The van der Waals surface area contributed by atoms with E-state index in [0.29, 0.717) is 10.2 Å². The summed E-state index contributed by atoms with van der Waals surface area (Å²) >= 11 is 12.4. The van der Waals surface area contributed by atoms with Gasteiger partial charge in [-0.1, -0.05) is 43.5 Å². The molecule has 1 aliphatic heterocycles. The molecule has 2 aromatic carbocycles. The van der Waals surface area contributed by atoms with Crippen LogP contribution in [0.3, 0.4) is 0 Å². The van der Waals surface area contributed by atoms with Crippen molar-refractivity contribution in [1.82, 2.24) is 5.32 Å². The Morgan fingerprint density at radius 1 is 1.04 bits per heavy atom. The zero-order valence-corrected chi connectivity index (χ0v) is 16.7. The van der Waals surface area contributed by atoms with E-state index in [1.807, 2.05) is 0 Å². The lowest BCUT2D eigenvalue weighted by molar-refractivity contribution is -0.122. The highest BCUT2D eigenvalue weighted by Gasteiger charge is 2.37. The summed E-state index contributed by atoms with van der Waals surface area (Å²) in [6.07, 6.45) is 1.18. The molecule has 0 spiro atoms. The van der Waals surface area contributed by atoms with Crippen LogP contribution >= 0.6 is 43.5 Å². The quantitative estimate of drug-likeness (QED) is 0.477. The molecular weight excluding hydrogens is 491 g/mol. The molecule has 0 bridgehead atoms. The lowest BCUT2D eigenvalue weighted by atomic mass is 10.1. The SMILES string of the molecule is O=C1NC(=O)N(c2ccc(Br)cc2)C(=O)/C1=C\c1cc(Br)cc(Cl)c1O. The first-order valence-corrected chi connectivity index (χ1v) is 9.09. The van der Waals surface area contributed by atoms with Crippen molar-refractivity contribution in [2.75, 3.05) is 4.90 Å². The van der Waals surface area contributed by atoms with Gasteiger partial charge < -0.3 is 5.11 Å². The molecule has 1 aliphatic rings. The Labute approximate surface area is 169 Å². The monoisotopic (exact) mass is 498 g/mol. The van der Waals surface area contributed by atoms with E-state index in [0.717, 1.165) is 9.37 Å². The van der Waals surface area contributed by atoms with Gasteiger partial charge in [0.25, 0.3) is 11.8 Å². The van der Waals surface area contributed by atoms with E-state index >= 15 is 0 Å². The number of barbiturate groups is 1. The first kappa shape index (κ1) is 18.6. The smallest absolute Gasteiger partial charge is 0.335 e. The Morgan fingerprint density at radius 2 is 1.69 bits per heavy atom. The van der Waals surface area contributed by atoms with E-state index in [1.165, 1.54) is 18.2 Å². The lowest BCUT2D eigenvalue weighted by Gasteiger charge is -2.26. The van der Waals surface area contributed by atoms with Crippen molar-refractivity contribution in [2.24, 2.45) is 0 Å². The van der Waals surface area contributed by atoms with Gasteiger partial charge in [-0.05, 0) is 42.5 Å². The highest BCUT2D eigenvalue weighted by Crippen LogP contribution is 2.33. The minimum atomic E-state index is -0.858. The molecule has 132 valence electrons. The van der Waals surface area contributed by atoms with Crippen LogP contribution in [0.25, 0.3) is 6.08 Å². The minimum Gasteiger partial charge on any atom is -0.506 e. The summed E-state index contributed by atoms with van der Waals surface area (Å²) in [6, 6.07) is 8.56. The van der Waals surface area contributed by atoms with Crippen molar-refractivity contribution in [1.29, 1.82) is 0 Å². The Balaban J connectivity index is 2.07. The van der Waals surface area contributed by atoms with Crippen molar-refractivity contribution in [3.8, 4) is 5.75 Å². The maximum absolute atomic E-state index is 12.8. The summed E-state index contributed by atoms with van der Waals surface area (Å²) in [4.78, 5) is 37.9. The molecule has 0 aliphatic carbocycles. The first-order chi connectivity index (χ1) is 12.3. The molecule has 3 rings (SSSR count). The Morgan fingerprint density at radius 3 is 2.35 bits per heavy atom. The number of amides is 4. The number of nitrogens with one attached hydrogen (secondary N) is 1. The van der Waals surface area contributed by atoms with E-state index in [1.54, 1.807) is 24.3 Å². The van der Waals surface area contributed by atoms with Crippen LogP contribution in [0, 0.1) is 0 Å². The molecule has 0 atom stereocenters. The van der Waals surface area contributed by atoms with Gasteiger partial charge in [0.15, 0.2) is 0 Å². The van der Waals surface area contributed by atoms with Gasteiger partial charge in [-0.15, -0.1) is 0 Å². The molecule has 1 heterocycles. The van der Waals surface area contributed by atoms with Crippen LogP contribution in [0.1, 0.15) is 5.56 Å². The van der Waals surface area contributed by atoms with Crippen molar-refractivity contribution in [3.05, 3.63) is 61.5 Å². The number of urea groups is 1. The second-order valence-corrected chi connectivity index (χ2v) is 7.50. The predicted molar refractivity (Wildman–Crippen MR) is 104 cm³/mol. The van der Waals surface area contributed by atoms with E-state index in [2.05, 4.69) is 37.2 Å². The number of anilines is 1. The summed E-state index contributed by atoms with van der Waals surface area (Å²) in [6.45, 7) is 0. The number of hydrogen-bond donors (Lipinski definition) is 2. The minimum absolute atomic E-state index is 0.0516. The summed E-state index contributed by atoms with van der Waals surface area (Å²) in [5, 5.41) is 12.2. The highest BCUT2D eigenvalue weighted by atomic mass is 79.9. The van der Waals surface area contributed by atoms with E-state index in [4.69, 9.17) is 11.6 Å². The second kappa shape index (κ2) is 7.22. The third-order valence-corrected chi connectivity index (χ3v) is 4.82. The average molecular weight is 501 g/mol. The molecule has 4 amide bonds. The fraction of sp³-hybridized carbons (Fsp3) is 0. The number of benzene rings is 2. The fourth-order valence-corrected chi connectivity index (χ4v) is 3.43. The molecule has 1 fully saturated rings. The van der Waals surface area contributed by atoms with Crippen LogP contribution in [0.15, 0.2) is 50.9 Å². The van der Waals surface area contributed by atoms with Crippen LogP contribution < -0.4 is 10.2 Å². The van der Waals surface area contributed by atoms with Crippen molar-refractivity contribution < 1.29 is 19.5 Å². The molecular formula is C17H9Br2ClN2O4. The van der Waals surface area contributed by atoms with Crippen LogP contribution in [0.5, 0.6) is 5.75 Å². The molecule has 0 aromatic heterocycles. The van der Waals surface area contributed by atoms with Crippen LogP contribution in [-0.2, 0) is 9.59 Å². The van der Waals surface area contributed by atoms with Crippen molar-refractivity contribution in [3.63, 3.8) is 0 Å². The summed E-state index contributed by atoms with van der Waals surface area (Å²) in [7, 11) is 0. The zero-order valence-electron chi connectivity index (χ0n) is 12.8. The number of phenolic OH excluding ortho intramolecular Hbond substituents is 1. The molecule has 9 heteroatoms. The number of aromatic hydroxyl groups is 1. The van der Waals surface area contributed by atoms with Crippen molar-refractivity contribution in [2.45, 2.75) is 0 Å². The molecule has 0 radical (unpaired) electrons. The number of halogens is 3. The summed E-state index contributed by atoms with van der Waals surface area (Å²) < 4.78 is 1.32. The second-order valence-electron chi connectivity index (χ2n) is 5.26. The Hall–Kier alpha value is -2.16. The zero-order chi connectivity index (χ0) is 19.0. The average Bonchev–Trinajstić information content (AvgIpc) is 2.57. The van der Waals surface area contributed by atoms with Crippen LogP contribution in [-0.4, -0.2) is 23.0 Å². The van der Waals surface area contributed by atoms with Gasteiger partial charge in [0.05, 0.1) is 10.7 Å². The summed E-state index contributed by atoms with van der Waals surface area (Å²) in [5.74, 6) is -1.95. The number of rotatable bonds is 2. The van der Waals surface area contributed by atoms with E-state index < -0.39 is 17.8 Å². The highest BCUT2D eigenvalue weighted by molar-refractivity contribution is 9.10. The van der Waals surface area contributed by atoms with Crippen molar-refractivity contribution >= 4 is 73.1 Å². The van der Waals surface area contributed by atoms with Gasteiger partial charge in [0.1, 0.15) is 11.3 Å². The third kappa shape index (κ3) is 3.53. The molecule has 1 saturated heterocycles. The third-order valence-electron chi connectivity index (χ3n) is 3.54. The van der Waals surface area contributed by atoms with Gasteiger partial charge in [0, 0.05) is 14.5 Å². The van der Waals surface area contributed by atoms with Gasteiger partial charge in [-0.2, -0.15) is 0 Å². The van der Waals surface area contributed by atoms with E-state index in [-0.39, 0.29) is 21.9 Å². The fourth-order valence-electron chi connectivity index (χ4n) is 2.33. The standard InChI is InChI=1S/C17H9Br2ClN2O4/c18-9-1-3-11(4-2-9)22-16(25)12(15(24)21-17(22)26)6-8-5-10(19)7-13(20)14(8)23/h1-7,23H,(H,21,24,26)/b12-6-. The van der Waals surface area contributed by atoms with Crippen LogP contribution in [0.4, 0.5) is 10.5 Å². The van der Waals surface area contributed by atoms with Gasteiger partial charge in [0.2, 0.25) is 0 Å². The molecule has 26 heavy (non-hydrogen) atoms. The maximum Gasteiger partial charge on any atom is 0.335 e.